The van der Waals surface area contributed by atoms with Crippen molar-refractivity contribution in [3.63, 3.8) is 0 Å². The van der Waals surface area contributed by atoms with Gasteiger partial charge in [0.15, 0.2) is 0 Å². The molecule has 162 valence electrons. The van der Waals surface area contributed by atoms with Crippen molar-refractivity contribution in [3.8, 4) is 11.4 Å². The van der Waals surface area contributed by atoms with Crippen molar-refractivity contribution in [3.05, 3.63) is 59.2 Å². The number of carbonyl (C=O) groups excluding carboxylic acids is 1. The molecule has 1 N–H and O–H groups in total. The molecule has 0 atom stereocenters. The largest absolute Gasteiger partial charge is 0.334 e. The van der Waals surface area contributed by atoms with Crippen LogP contribution in [-0.2, 0) is 10.0 Å². The number of likely N-dealkylation sites (tertiary alicyclic amines) is 1. The molecule has 0 radical (unpaired) electrons. The minimum atomic E-state index is -4.00. The summed E-state index contributed by atoms with van der Waals surface area (Å²) in [4.78, 5) is 18.2. The van der Waals surface area contributed by atoms with Crippen molar-refractivity contribution >= 4 is 21.6 Å². The summed E-state index contributed by atoms with van der Waals surface area (Å²) < 4.78 is 47.2. The highest BCUT2D eigenvalue weighted by molar-refractivity contribution is 7.92. The smallest absolute Gasteiger partial charge is 0.316 e. The maximum Gasteiger partial charge on any atom is 0.316 e. The number of nitrogens with zero attached hydrogens (tertiary/aromatic N) is 3. The topological polar surface area (TPSA) is 105 Å². The fraction of sp³-hybridized carbons (Fsp3) is 0.286. The summed E-state index contributed by atoms with van der Waals surface area (Å²) >= 11 is 0. The molecule has 0 bridgehead atoms. The number of hydrogen-bond acceptors (Lipinski definition) is 6. The first-order valence-electron chi connectivity index (χ1n) is 9.77. The number of halogens is 1. The van der Waals surface area contributed by atoms with E-state index in [0.29, 0.717) is 29.8 Å². The molecular weight excluding hydrogens is 423 g/mol. The second-order valence-corrected chi connectivity index (χ2v) is 9.12. The zero-order valence-electron chi connectivity index (χ0n) is 17.1. The zero-order valence-corrected chi connectivity index (χ0v) is 17.9. The molecule has 1 aliphatic heterocycles. The van der Waals surface area contributed by atoms with Gasteiger partial charge in [-0.2, -0.15) is 4.98 Å². The summed E-state index contributed by atoms with van der Waals surface area (Å²) in [5.74, 6) is -0.859. The number of aryl methyl sites for hydroxylation is 2. The summed E-state index contributed by atoms with van der Waals surface area (Å²) in [6.07, 6.45) is 1.87. The van der Waals surface area contributed by atoms with Crippen LogP contribution in [0.15, 0.2) is 45.8 Å². The van der Waals surface area contributed by atoms with Gasteiger partial charge in [-0.1, -0.05) is 23.4 Å². The van der Waals surface area contributed by atoms with E-state index in [1.165, 1.54) is 18.2 Å². The normalized spacial score (nSPS) is 14.1. The van der Waals surface area contributed by atoms with Crippen molar-refractivity contribution in [2.24, 2.45) is 0 Å². The number of anilines is 1. The quantitative estimate of drug-likeness (QED) is 0.645. The molecule has 4 rings (SSSR count). The first kappa shape index (κ1) is 21.0. The monoisotopic (exact) mass is 444 g/mol. The van der Waals surface area contributed by atoms with E-state index < -0.39 is 15.8 Å². The lowest BCUT2D eigenvalue weighted by Gasteiger charge is -2.12. The molecular formula is C21H21FN4O4S. The minimum absolute atomic E-state index is 0.0109. The Bertz CT molecular complexity index is 1250. The van der Waals surface area contributed by atoms with E-state index >= 15 is 0 Å². The second kappa shape index (κ2) is 8.10. The lowest BCUT2D eigenvalue weighted by Crippen LogP contribution is -2.27. The summed E-state index contributed by atoms with van der Waals surface area (Å²) in [5.41, 5.74) is 1.40. The number of benzene rings is 2. The molecule has 31 heavy (non-hydrogen) atoms. The molecule has 1 amide bonds. The number of sulfonamides is 1. The molecule has 0 aliphatic carbocycles. The van der Waals surface area contributed by atoms with Gasteiger partial charge in [0.05, 0.1) is 10.6 Å². The van der Waals surface area contributed by atoms with Gasteiger partial charge in [-0.15, -0.1) is 0 Å². The van der Waals surface area contributed by atoms with Gasteiger partial charge in [-0.25, -0.2) is 12.8 Å². The van der Waals surface area contributed by atoms with Gasteiger partial charge in [0.2, 0.25) is 5.82 Å². The van der Waals surface area contributed by atoms with Crippen LogP contribution in [0.5, 0.6) is 0 Å². The van der Waals surface area contributed by atoms with E-state index in [1.54, 1.807) is 30.9 Å². The number of hydrogen-bond donors (Lipinski definition) is 1. The average Bonchev–Trinajstić information content (AvgIpc) is 3.42. The second-order valence-electron chi connectivity index (χ2n) is 7.47. The van der Waals surface area contributed by atoms with Crippen LogP contribution in [-0.4, -0.2) is 42.5 Å². The standard InChI is InChI=1S/C21H21FN4O4S/c1-13-6-8-16(12-17(13)22)25-31(28,29)18-11-15(7-5-14(18)2)19-23-20(30-24-19)21(27)26-9-3-4-10-26/h5-8,11-12,25H,3-4,9-10H2,1-2H3. The third-order valence-electron chi connectivity index (χ3n) is 5.16. The van der Waals surface area contributed by atoms with Crippen molar-refractivity contribution in [2.75, 3.05) is 17.8 Å². The van der Waals surface area contributed by atoms with E-state index in [1.807, 2.05) is 0 Å². The van der Waals surface area contributed by atoms with Crippen LogP contribution in [0.3, 0.4) is 0 Å². The van der Waals surface area contributed by atoms with Crippen LogP contribution in [0, 0.1) is 19.7 Å². The molecule has 1 saturated heterocycles. The van der Waals surface area contributed by atoms with Crippen molar-refractivity contribution in [1.82, 2.24) is 15.0 Å². The first-order valence-corrected chi connectivity index (χ1v) is 11.3. The van der Waals surface area contributed by atoms with Crippen molar-refractivity contribution in [1.29, 1.82) is 0 Å². The lowest BCUT2D eigenvalue weighted by atomic mass is 10.1. The van der Waals surface area contributed by atoms with Gasteiger partial charge >= 0.3 is 11.8 Å². The molecule has 8 nitrogen and oxygen atoms in total. The maximum atomic E-state index is 13.8. The molecule has 0 saturated carbocycles. The highest BCUT2D eigenvalue weighted by Crippen LogP contribution is 2.26. The summed E-state index contributed by atoms with van der Waals surface area (Å²) in [5, 5.41) is 3.84. The van der Waals surface area contributed by atoms with E-state index in [9.17, 15) is 17.6 Å². The maximum absolute atomic E-state index is 13.8. The third-order valence-corrected chi connectivity index (χ3v) is 6.69. The molecule has 1 aliphatic rings. The molecule has 10 heteroatoms. The highest BCUT2D eigenvalue weighted by atomic mass is 32.2. The predicted octanol–water partition coefficient (Wildman–Crippen LogP) is 3.53. The minimum Gasteiger partial charge on any atom is -0.334 e. The SMILES string of the molecule is Cc1ccc(NS(=O)(=O)c2cc(-c3noc(C(=O)N4CCCC4)n3)ccc2C)cc1F. The Morgan fingerprint density at radius 1 is 1.10 bits per heavy atom. The van der Waals surface area contributed by atoms with Crippen LogP contribution in [0.1, 0.15) is 34.7 Å². The Morgan fingerprint density at radius 3 is 2.52 bits per heavy atom. The van der Waals surface area contributed by atoms with Gasteiger partial charge in [0.25, 0.3) is 10.0 Å². The lowest BCUT2D eigenvalue weighted by molar-refractivity contribution is 0.0743. The summed E-state index contributed by atoms with van der Waals surface area (Å²) in [6.45, 7) is 4.53. The molecule has 3 aromatic rings. The highest BCUT2D eigenvalue weighted by Gasteiger charge is 2.26. The van der Waals surface area contributed by atoms with Gasteiger partial charge in [0.1, 0.15) is 5.82 Å². The van der Waals surface area contributed by atoms with Gasteiger partial charge < -0.3 is 9.42 Å². The molecule has 2 heterocycles. The zero-order chi connectivity index (χ0) is 22.2. The number of rotatable bonds is 5. The Balaban J connectivity index is 1.62. The van der Waals surface area contributed by atoms with Crippen LogP contribution in [0.2, 0.25) is 0 Å². The Morgan fingerprint density at radius 2 is 1.81 bits per heavy atom. The fourth-order valence-electron chi connectivity index (χ4n) is 3.38. The molecule has 2 aromatic carbocycles. The average molecular weight is 444 g/mol. The van der Waals surface area contributed by atoms with E-state index in [-0.39, 0.29) is 28.2 Å². The van der Waals surface area contributed by atoms with Gasteiger partial charge in [-0.05, 0) is 56.0 Å². The van der Waals surface area contributed by atoms with E-state index in [2.05, 4.69) is 14.9 Å². The van der Waals surface area contributed by atoms with Crippen LogP contribution in [0.25, 0.3) is 11.4 Å². The van der Waals surface area contributed by atoms with Gasteiger partial charge in [-0.3, -0.25) is 9.52 Å². The number of nitrogens with one attached hydrogen (secondary N) is 1. The number of amides is 1. The van der Waals surface area contributed by atoms with Crippen LogP contribution >= 0.6 is 0 Å². The van der Waals surface area contributed by atoms with Crippen molar-refractivity contribution in [2.45, 2.75) is 31.6 Å². The predicted molar refractivity (Wildman–Crippen MR) is 112 cm³/mol. The Labute approximate surface area is 179 Å². The number of aromatic nitrogens is 2. The molecule has 0 spiro atoms. The summed E-state index contributed by atoms with van der Waals surface area (Å²) in [6, 6.07) is 8.77. The van der Waals surface area contributed by atoms with E-state index in [0.717, 1.165) is 18.9 Å². The first-order chi connectivity index (χ1) is 14.7. The molecule has 1 aromatic heterocycles. The Hall–Kier alpha value is -3.27. The fourth-order valence-corrected chi connectivity index (χ4v) is 4.70. The molecule has 1 fully saturated rings. The number of carbonyl (C=O) groups is 1. The van der Waals surface area contributed by atoms with Crippen molar-refractivity contribution < 1.29 is 22.1 Å². The Kier molecular flexibility index (Phi) is 5.48. The molecule has 0 unspecified atom stereocenters. The van der Waals surface area contributed by atoms with Crippen LogP contribution in [0.4, 0.5) is 10.1 Å². The van der Waals surface area contributed by atoms with Gasteiger partial charge in [0, 0.05) is 18.7 Å². The summed E-state index contributed by atoms with van der Waals surface area (Å²) in [7, 11) is -4.00. The third kappa shape index (κ3) is 4.29. The van der Waals surface area contributed by atoms with E-state index in [4.69, 9.17) is 4.52 Å². The van der Waals surface area contributed by atoms with Crippen LogP contribution < -0.4 is 4.72 Å².